The molecule has 32 heavy (non-hydrogen) atoms. The number of morpholine rings is 1. The summed E-state index contributed by atoms with van der Waals surface area (Å²) in [6.07, 6.45) is 0. The quantitative estimate of drug-likeness (QED) is 0.382. The number of hydrogen-bond donors (Lipinski definition) is 2. The first-order valence-corrected chi connectivity index (χ1v) is 10.3. The van der Waals surface area contributed by atoms with Crippen LogP contribution in [0.4, 0.5) is 17.1 Å². The van der Waals surface area contributed by atoms with E-state index in [9.17, 15) is 19.7 Å². The number of nitro benzene ring substituents is 1. The summed E-state index contributed by atoms with van der Waals surface area (Å²) in [4.78, 5) is 39.5. The summed E-state index contributed by atoms with van der Waals surface area (Å²) < 4.78 is 5.44. The third kappa shape index (κ3) is 5.80. The van der Waals surface area contributed by atoms with Crippen LogP contribution in [0.5, 0.6) is 0 Å². The Morgan fingerprint density at radius 3 is 2.38 bits per heavy atom. The maximum absolute atomic E-state index is 12.4. The fraction of sp³-hybridized carbons (Fsp3) is 0.364. The normalized spacial score (nSPS) is 14.9. The average molecular weight is 441 g/mol. The van der Waals surface area contributed by atoms with E-state index in [1.54, 1.807) is 6.07 Å². The van der Waals surface area contributed by atoms with Gasteiger partial charge in [0, 0.05) is 45.5 Å². The maximum Gasteiger partial charge on any atom is 0.313 e. The minimum atomic E-state index is -0.956. The molecular weight excluding hydrogens is 414 g/mol. The van der Waals surface area contributed by atoms with Crippen LogP contribution in [-0.2, 0) is 14.3 Å². The zero-order valence-corrected chi connectivity index (χ0v) is 18.1. The van der Waals surface area contributed by atoms with Crippen LogP contribution in [0, 0.1) is 10.1 Å². The lowest BCUT2D eigenvalue weighted by Gasteiger charge is -2.35. The molecule has 1 heterocycles. The first kappa shape index (κ1) is 23.2. The van der Waals surface area contributed by atoms with Crippen LogP contribution in [-0.4, -0.2) is 68.6 Å². The van der Waals surface area contributed by atoms with E-state index in [0.717, 1.165) is 11.3 Å². The topological polar surface area (TPSA) is 117 Å². The summed E-state index contributed by atoms with van der Waals surface area (Å²) in [7, 11) is 3.93. The van der Waals surface area contributed by atoms with E-state index in [2.05, 4.69) is 15.5 Å². The smallest absolute Gasteiger partial charge is 0.313 e. The van der Waals surface area contributed by atoms with Crippen molar-refractivity contribution >= 4 is 28.9 Å². The molecule has 1 unspecified atom stereocenters. The average Bonchev–Trinajstić information content (AvgIpc) is 2.80. The number of para-hydroxylation sites is 2. The Morgan fingerprint density at radius 1 is 1.09 bits per heavy atom. The lowest BCUT2D eigenvalue weighted by atomic mass is 10.0. The largest absolute Gasteiger partial charge is 0.379 e. The van der Waals surface area contributed by atoms with Crippen LogP contribution in [0.3, 0.4) is 0 Å². The highest BCUT2D eigenvalue weighted by Crippen LogP contribution is 2.25. The number of amides is 2. The van der Waals surface area contributed by atoms with Gasteiger partial charge in [-0.2, -0.15) is 0 Å². The number of nitrogens with one attached hydrogen (secondary N) is 2. The molecule has 1 saturated heterocycles. The van der Waals surface area contributed by atoms with Crippen molar-refractivity contribution in [3.63, 3.8) is 0 Å². The van der Waals surface area contributed by atoms with E-state index in [4.69, 9.17) is 4.74 Å². The number of hydrogen-bond acceptors (Lipinski definition) is 7. The summed E-state index contributed by atoms with van der Waals surface area (Å²) >= 11 is 0. The minimum Gasteiger partial charge on any atom is -0.379 e. The molecule has 10 nitrogen and oxygen atoms in total. The Kier molecular flexibility index (Phi) is 7.74. The van der Waals surface area contributed by atoms with Crippen molar-refractivity contribution < 1.29 is 19.2 Å². The predicted octanol–water partition coefficient (Wildman–Crippen LogP) is 1.79. The third-order valence-corrected chi connectivity index (χ3v) is 5.29. The third-order valence-electron chi connectivity index (χ3n) is 5.29. The molecule has 0 aromatic heterocycles. The highest BCUT2D eigenvalue weighted by atomic mass is 16.6. The zero-order chi connectivity index (χ0) is 23.1. The Bertz CT molecular complexity index is 957. The fourth-order valence-electron chi connectivity index (χ4n) is 3.53. The summed E-state index contributed by atoms with van der Waals surface area (Å²) in [6, 6.07) is 13.6. The molecule has 2 amide bonds. The molecule has 1 aliphatic rings. The second-order valence-electron chi connectivity index (χ2n) is 7.59. The molecule has 2 N–H and O–H groups in total. The van der Waals surface area contributed by atoms with Gasteiger partial charge < -0.3 is 20.3 Å². The van der Waals surface area contributed by atoms with E-state index < -0.39 is 16.7 Å². The Balaban J connectivity index is 1.69. The van der Waals surface area contributed by atoms with Crippen molar-refractivity contribution in [2.45, 2.75) is 6.04 Å². The number of carbonyl (C=O) groups is 2. The molecule has 2 aromatic carbocycles. The number of anilines is 2. The summed E-state index contributed by atoms with van der Waals surface area (Å²) in [5.74, 6) is -1.81. The molecule has 0 saturated carbocycles. The van der Waals surface area contributed by atoms with Crippen molar-refractivity contribution in [1.29, 1.82) is 0 Å². The minimum absolute atomic E-state index is 0.0262. The van der Waals surface area contributed by atoms with Crippen molar-refractivity contribution in [3.8, 4) is 0 Å². The molecule has 3 rings (SSSR count). The molecule has 1 atom stereocenters. The van der Waals surface area contributed by atoms with Gasteiger partial charge in [0.25, 0.3) is 5.69 Å². The Labute approximate surface area is 186 Å². The number of benzene rings is 2. The number of nitro groups is 1. The number of ether oxygens (including phenoxy) is 1. The molecule has 0 spiro atoms. The van der Waals surface area contributed by atoms with Crippen LogP contribution >= 0.6 is 0 Å². The SMILES string of the molecule is CN(C)c1ccc(C(CNC(=O)C(=O)Nc2ccccc2[N+](=O)[O-])N2CCOCC2)cc1. The van der Waals surface area contributed by atoms with Gasteiger partial charge in [-0.1, -0.05) is 24.3 Å². The summed E-state index contributed by atoms with van der Waals surface area (Å²) in [5.41, 5.74) is 1.77. The summed E-state index contributed by atoms with van der Waals surface area (Å²) in [5, 5.41) is 16.1. The molecule has 1 fully saturated rings. The van der Waals surface area contributed by atoms with Gasteiger partial charge in [-0.15, -0.1) is 0 Å². The molecule has 0 bridgehead atoms. The molecule has 1 aliphatic heterocycles. The van der Waals surface area contributed by atoms with Crippen LogP contribution in [0.2, 0.25) is 0 Å². The highest BCUT2D eigenvalue weighted by molar-refractivity contribution is 6.39. The second-order valence-corrected chi connectivity index (χ2v) is 7.59. The molecule has 0 radical (unpaired) electrons. The van der Waals surface area contributed by atoms with Gasteiger partial charge >= 0.3 is 11.8 Å². The summed E-state index contributed by atoms with van der Waals surface area (Å²) in [6.45, 7) is 2.82. The fourth-order valence-corrected chi connectivity index (χ4v) is 3.53. The van der Waals surface area contributed by atoms with E-state index in [0.29, 0.717) is 26.3 Å². The number of carbonyl (C=O) groups excluding carboxylic acids is 2. The first-order valence-electron chi connectivity index (χ1n) is 10.3. The maximum atomic E-state index is 12.4. The van der Waals surface area contributed by atoms with E-state index in [1.165, 1.54) is 18.2 Å². The Morgan fingerprint density at radius 2 is 1.75 bits per heavy atom. The lowest BCUT2D eigenvalue weighted by molar-refractivity contribution is -0.383. The van der Waals surface area contributed by atoms with Crippen LogP contribution in [0.15, 0.2) is 48.5 Å². The number of nitrogens with zero attached hydrogens (tertiary/aromatic N) is 3. The zero-order valence-electron chi connectivity index (χ0n) is 18.1. The van der Waals surface area contributed by atoms with Crippen molar-refractivity contribution in [1.82, 2.24) is 10.2 Å². The van der Waals surface area contributed by atoms with Crippen LogP contribution in [0.25, 0.3) is 0 Å². The molecule has 2 aromatic rings. The molecule has 0 aliphatic carbocycles. The Hall–Kier alpha value is -3.50. The number of rotatable bonds is 7. The van der Waals surface area contributed by atoms with E-state index in [1.807, 2.05) is 43.3 Å². The highest BCUT2D eigenvalue weighted by Gasteiger charge is 2.25. The molecule has 10 heteroatoms. The van der Waals surface area contributed by atoms with Gasteiger partial charge in [0.2, 0.25) is 0 Å². The van der Waals surface area contributed by atoms with Crippen molar-refractivity contribution in [3.05, 3.63) is 64.2 Å². The van der Waals surface area contributed by atoms with Crippen molar-refractivity contribution in [2.24, 2.45) is 0 Å². The molecular formula is C22H27N5O5. The standard InChI is InChI=1S/C22H27N5O5/c1-25(2)17-9-7-16(8-10-17)20(26-11-13-32-14-12-26)15-23-21(28)22(29)24-18-5-3-4-6-19(18)27(30)31/h3-10,20H,11-15H2,1-2H3,(H,23,28)(H,24,29). The lowest BCUT2D eigenvalue weighted by Crippen LogP contribution is -2.45. The van der Waals surface area contributed by atoms with E-state index >= 15 is 0 Å². The van der Waals surface area contributed by atoms with E-state index in [-0.39, 0.29) is 24.0 Å². The van der Waals surface area contributed by atoms with Crippen LogP contribution in [0.1, 0.15) is 11.6 Å². The van der Waals surface area contributed by atoms with Gasteiger partial charge in [0.1, 0.15) is 5.69 Å². The monoisotopic (exact) mass is 441 g/mol. The van der Waals surface area contributed by atoms with Gasteiger partial charge in [0.05, 0.1) is 24.2 Å². The van der Waals surface area contributed by atoms with Gasteiger partial charge in [-0.05, 0) is 23.8 Å². The van der Waals surface area contributed by atoms with Gasteiger partial charge in [-0.3, -0.25) is 24.6 Å². The van der Waals surface area contributed by atoms with Gasteiger partial charge in [0.15, 0.2) is 0 Å². The van der Waals surface area contributed by atoms with Crippen LogP contribution < -0.4 is 15.5 Å². The second kappa shape index (κ2) is 10.7. The van der Waals surface area contributed by atoms with Gasteiger partial charge in [-0.25, -0.2) is 0 Å². The predicted molar refractivity (Wildman–Crippen MR) is 121 cm³/mol. The molecule has 170 valence electrons. The van der Waals surface area contributed by atoms with Crippen molar-refractivity contribution in [2.75, 3.05) is 57.2 Å². The first-order chi connectivity index (χ1) is 15.4.